The minimum absolute atomic E-state index is 0.105. The van der Waals surface area contributed by atoms with E-state index >= 15 is 0 Å². The Kier molecular flexibility index (Phi) is 7.06. The quantitative estimate of drug-likeness (QED) is 0.415. The Balaban J connectivity index is 1.06. The first kappa shape index (κ1) is 27.1. The van der Waals surface area contributed by atoms with Crippen molar-refractivity contribution in [2.45, 2.75) is 44.7 Å². The van der Waals surface area contributed by atoms with Gasteiger partial charge in [-0.1, -0.05) is 0 Å². The number of piperidine rings is 2. The number of nitrogens with two attached hydrogens (primary N) is 1. The van der Waals surface area contributed by atoms with E-state index in [2.05, 4.69) is 26.9 Å². The predicted molar refractivity (Wildman–Crippen MR) is 154 cm³/mol. The summed E-state index contributed by atoms with van der Waals surface area (Å²) in [5.41, 5.74) is 10.6. The van der Waals surface area contributed by atoms with E-state index in [-0.39, 0.29) is 18.7 Å². The second-order valence-electron chi connectivity index (χ2n) is 11.3. The van der Waals surface area contributed by atoms with E-state index in [9.17, 15) is 19.2 Å². The van der Waals surface area contributed by atoms with Gasteiger partial charge in [-0.15, -0.1) is 0 Å². The van der Waals surface area contributed by atoms with E-state index in [0.29, 0.717) is 28.6 Å². The summed E-state index contributed by atoms with van der Waals surface area (Å²) in [6.07, 6.45) is 2.42. The van der Waals surface area contributed by atoms with Crippen LogP contribution in [0.1, 0.15) is 52.0 Å². The van der Waals surface area contributed by atoms with E-state index in [4.69, 9.17) is 10.5 Å². The van der Waals surface area contributed by atoms with E-state index in [1.54, 1.807) is 19.2 Å². The first-order chi connectivity index (χ1) is 19.7. The lowest BCUT2D eigenvalue weighted by atomic mass is 10.00. The van der Waals surface area contributed by atoms with Gasteiger partial charge in [-0.3, -0.25) is 34.3 Å². The highest BCUT2D eigenvalue weighted by atomic mass is 16.5. The van der Waals surface area contributed by atoms with Crippen molar-refractivity contribution in [3.05, 3.63) is 47.0 Å². The van der Waals surface area contributed by atoms with Crippen molar-refractivity contribution in [1.82, 2.24) is 15.1 Å². The largest absolute Gasteiger partial charge is 0.495 e. The van der Waals surface area contributed by atoms with Crippen molar-refractivity contribution >= 4 is 40.7 Å². The molecule has 0 spiro atoms. The number of methoxy groups -OCH3 is 1. The molecular formula is C30H36N6O5. The van der Waals surface area contributed by atoms with Crippen LogP contribution in [0.4, 0.5) is 17.1 Å². The normalized spacial score (nSPS) is 22.3. The standard InChI is InChI=1S/C30H36N6O5/c1-18-15-23(31)26(41-2)17-25(18)35-9-7-19(8-10-35)33-11-13-34(14-12-33)20-3-4-21-22(16-20)30(40)36(29(21)39)24-5-6-27(37)32-28(24)38/h3-4,15-17,19,24H,5-14,31H2,1-2H3,(H,32,37,38). The fraction of sp³-hybridized carbons (Fsp3) is 0.467. The summed E-state index contributed by atoms with van der Waals surface area (Å²) in [6, 6.07) is 8.94. The number of anilines is 3. The molecule has 11 nitrogen and oxygen atoms in total. The molecule has 0 saturated carbocycles. The summed E-state index contributed by atoms with van der Waals surface area (Å²) in [5, 5.41) is 2.24. The number of ether oxygens (including phenoxy) is 1. The number of hydrogen-bond donors (Lipinski definition) is 2. The number of fused-ring (bicyclic) bond motifs is 1. The molecule has 3 N–H and O–H groups in total. The molecule has 3 fully saturated rings. The van der Waals surface area contributed by atoms with Gasteiger partial charge in [-0.2, -0.15) is 0 Å². The zero-order chi connectivity index (χ0) is 28.8. The van der Waals surface area contributed by atoms with E-state index in [0.717, 1.165) is 68.3 Å². The molecule has 0 aromatic heterocycles. The third-order valence-corrected chi connectivity index (χ3v) is 8.97. The van der Waals surface area contributed by atoms with Gasteiger partial charge in [-0.25, -0.2) is 0 Å². The van der Waals surface area contributed by atoms with E-state index in [1.807, 2.05) is 18.2 Å². The van der Waals surface area contributed by atoms with Crippen molar-refractivity contribution in [3.63, 3.8) is 0 Å². The number of nitrogen functional groups attached to an aromatic ring is 1. The highest BCUT2D eigenvalue weighted by Crippen LogP contribution is 2.34. The Morgan fingerprint density at radius 2 is 1.56 bits per heavy atom. The van der Waals surface area contributed by atoms with E-state index in [1.165, 1.54) is 5.69 Å². The molecule has 2 aromatic rings. The maximum absolute atomic E-state index is 13.2. The number of piperazine rings is 1. The van der Waals surface area contributed by atoms with Crippen LogP contribution in [-0.4, -0.2) is 91.9 Å². The first-order valence-corrected chi connectivity index (χ1v) is 14.3. The van der Waals surface area contributed by atoms with Crippen LogP contribution in [0, 0.1) is 6.92 Å². The molecule has 1 atom stereocenters. The van der Waals surface area contributed by atoms with Crippen LogP contribution in [0.3, 0.4) is 0 Å². The zero-order valence-electron chi connectivity index (χ0n) is 23.5. The number of aryl methyl sites for hydroxylation is 1. The summed E-state index contributed by atoms with van der Waals surface area (Å²) in [7, 11) is 1.65. The third-order valence-electron chi connectivity index (χ3n) is 8.97. The zero-order valence-corrected chi connectivity index (χ0v) is 23.5. The van der Waals surface area contributed by atoms with Gasteiger partial charge in [0.1, 0.15) is 11.8 Å². The smallest absolute Gasteiger partial charge is 0.262 e. The van der Waals surface area contributed by atoms with Gasteiger partial charge in [-0.05, 0) is 56.0 Å². The molecule has 11 heteroatoms. The maximum atomic E-state index is 13.2. The van der Waals surface area contributed by atoms with Gasteiger partial charge in [0, 0.05) is 69.2 Å². The number of carbonyl (C=O) groups excluding carboxylic acids is 4. The minimum Gasteiger partial charge on any atom is -0.495 e. The van der Waals surface area contributed by atoms with E-state index < -0.39 is 23.8 Å². The van der Waals surface area contributed by atoms with Crippen molar-refractivity contribution in [2.75, 3.05) is 61.9 Å². The summed E-state index contributed by atoms with van der Waals surface area (Å²) >= 11 is 0. The Labute approximate surface area is 239 Å². The second kappa shape index (κ2) is 10.7. The van der Waals surface area contributed by atoms with Crippen LogP contribution in [0.2, 0.25) is 0 Å². The van der Waals surface area contributed by atoms with Gasteiger partial charge in [0.15, 0.2) is 0 Å². The molecule has 0 radical (unpaired) electrons. The predicted octanol–water partition coefficient (Wildman–Crippen LogP) is 1.78. The van der Waals surface area contributed by atoms with Crippen molar-refractivity contribution in [1.29, 1.82) is 0 Å². The fourth-order valence-electron chi connectivity index (χ4n) is 6.69. The number of nitrogens with one attached hydrogen (secondary N) is 1. The fourth-order valence-corrected chi connectivity index (χ4v) is 6.69. The topological polar surface area (TPSA) is 129 Å². The summed E-state index contributed by atoms with van der Waals surface area (Å²) in [5.74, 6) is -1.21. The number of hydrogen-bond acceptors (Lipinski definition) is 9. The van der Waals surface area contributed by atoms with Crippen LogP contribution < -0.4 is 25.6 Å². The SMILES string of the molecule is COc1cc(N2CCC(N3CCN(c4ccc5c(c4)C(=O)N(C4CCC(=O)NC4=O)C5=O)CC3)CC2)c(C)cc1N. The Hall–Kier alpha value is -4.12. The Morgan fingerprint density at radius 3 is 2.24 bits per heavy atom. The second-order valence-corrected chi connectivity index (χ2v) is 11.3. The molecule has 3 saturated heterocycles. The molecule has 6 rings (SSSR count). The monoisotopic (exact) mass is 560 g/mol. The molecule has 4 heterocycles. The summed E-state index contributed by atoms with van der Waals surface area (Å²) < 4.78 is 5.44. The number of rotatable bonds is 5. The van der Waals surface area contributed by atoms with Crippen LogP contribution >= 0.6 is 0 Å². The Bertz CT molecular complexity index is 1410. The van der Waals surface area contributed by atoms with Gasteiger partial charge in [0.05, 0.1) is 23.9 Å². The number of benzene rings is 2. The molecular weight excluding hydrogens is 524 g/mol. The van der Waals surface area contributed by atoms with Crippen molar-refractivity contribution < 1.29 is 23.9 Å². The lowest BCUT2D eigenvalue weighted by molar-refractivity contribution is -0.136. The van der Waals surface area contributed by atoms with Gasteiger partial charge < -0.3 is 20.3 Å². The lowest BCUT2D eigenvalue weighted by Gasteiger charge is -2.44. The van der Waals surface area contributed by atoms with Crippen LogP contribution in [0.25, 0.3) is 0 Å². The summed E-state index contributed by atoms with van der Waals surface area (Å²) in [6.45, 7) is 7.54. The van der Waals surface area contributed by atoms with Crippen LogP contribution in [0.5, 0.6) is 5.75 Å². The number of carbonyl (C=O) groups is 4. The third kappa shape index (κ3) is 4.88. The number of nitrogens with zero attached hydrogens (tertiary/aromatic N) is 4. The van der Waals surface area contributed by atoms with Gasteiger partial charge >= 0.3 is 0 Å². The van der Waals surface area contributed by atoms with Gasteiger partial charge in [0.25, 0.3) is 11.8 Å². The molecule has 4 amide bonds. The molecule has 2 aromatic carbocycles. The van der Waals surface area contributed by atoms with Crippen molar-refractivity contribution in [2.24, 2.45) is 0 Å². The molecule has 0 bridgehead atoms. The molecule has 4 aliphatic heterocycles. The molecule has 216 valence electrons. The molecule has 0 aliphatic carbocycles. The average molecular weight is 561 g/mol. The van der Waals surface area contributed by atoms with Crippen LogP contribution in [-0.2, 0) is 9.59 Å². The average Bonchev–Trinajstić information content (AvgIpc) is 3.22. The maximum Gasteiger partial charge on any atom is 0.262 e. The Morgan fingerprint density at radius 1 is 0.854 bits per heavy atom. The van der Waals surface area contributed by atoms with Crippen LogP contribution in [0.15, 0.2) is 30.3 Å². The molecule has 41 heavy (non-hydrogen) atoms. The molecule has 4 aliphatic rings. The summed E-state index contributed by atoms with van der Waals surface area (Å²) in [4.78, 5) is 58.4. The number of amides is 4. The highest BCUT2D eigenvalue weighted by molar-refractivity contribution is 6.23. The highest BCUT2D eigenvalue weighted by Gasteiger charge is 2.44. The first-order valence-electron chi connectivity index (χ1n) is 14.3. The van der Waals surface area contributed by atoms with Gasteiger partial charge in [0.2, 0.25) is 11.8 Å². The van der Waals surface area contributed by atoms with Crippen molar-refractivity contribution in [3.8, 4) is 5.75 Å². The lowest BCUT2D eigenvalue weighted by Crippen LogP contribution is -2.54. The molecule has 1 unspecified atom stereocenters. The number of imide groups is 2. The minimum atomic E-state index is -0.954.